The van der Waals surface area contributed by atoms with Crippen LogP contribution in [0.25, 0.3) is 0 Å². The van der Waals surface area contributed by atoms with Gasteiger partial charge in [-0.2, -0.15) is 4.31 Å². The van der Waals surface area contributed by atoms with E-state index in [1.165, 1.54) is 0 Å². The summed E-state index contributed by atoms with van der Waals surface area (Å²) >= 11 is 0. The van der Waals surface area contributed by atoms with Gasteiger partial charge in [-0.3, -0.25) is 0 Å². The second-order valence-electron chi connectivity index (χ2n) is 4.92. The molecule has 1 aliphatic heterocycles. The Morgan fingerprint density at radius 1 is 1.18 bits per heavy atom. The van der Waals surface area contributed by atoms with Gasteiger partial charge in [-0.1, -0.05) is 29.8 Å². The van der Waals surface area contributed by atoms with Crippen molar-refractivity contribution in [2.75, 3.05) is 6.54 Å². The van der Waals surface area contributed by atoms with Crippen LogP contribution in [0.3, 0.4) is 0 Å². The number of nitrogens with zero attached hydrogens (tertiary/aromatic N) is 1. The monoisotopic (exact) mass is 249 g/mol. The lowest BCUT2D eigenvalue weighted by Crippen LogP contribution is -2.37. The summed E-state index contributed by atoms with van der Waals surface area (Å²) < 4.78 is 26.7. The fraction of sp³-hybridized carbons (Fsp3) is 0.385. The Morgan fingerprint density at radius 3 is 2.41 bits per heavy atom. The maximum Gasteiger partial charge on any atom is 0.244 e. The molecule has 0 bridgehead atoms. The topological polar surface area (TPSA) is 37.4 Å². The molecule has 0 N–H and O–H groups in total. The van der Waals surface area contributed by atoms with Crippen molar-refractivity contribution in [1.29, 1.82) is 0 Å². The molecule has 2 aliphatic rings. The van der Waals surface area contributed by atoms with Gasteiger partial charge in [-0.15, -0.1) is 0 Å². The summed E-state index contributed by atoms with van der Waals surface area (Å²) in [7, 11) is -3.34. The van der Waals surface area contributed by atoms with E-state index in [4.69, 9.17) is 0 Å². The lowest BCUT2D eigenvalue weighted by Gasteiger charge is -2.23. The Hall–Kier alpha value is -1.13. The van der Waals surface area contributed by atoms with Crippen LogP contribution in [0.2, 0.25) is 0 Å². The fourth-order valence-corrected chi connectivity index (χ4v) is 4.37. The molecule has 4 heteroatoms. The highest BCUT2D eigenvalue weighted by Crippen LogP contribution is 2.49. The van der Waals surface area contributed by atoms with Gasteiger partial charge in [0, 0.05) is 6.54 Å². The minimum absolute atomic E-state index is 0.196. The van der Waals surface area contributed by atoms with E-state index in [0.29, 0.717) is 11.4 Å². The van der Waals surface area contributed by atoms with Crippen LogP contribution in [0, 0.1) is 0 Å². The normalized spacial score (nSPS) is 22.8. The molecule has 1 aliphatic carbocycles. The molecular formula is C13H15NO2S. The third-order valence-corrected chi connectivity index (χ3v) is 5.44. The summed E-state index contributed by atoms with van der Waals surface area (Å²) in [6.45, 7) is 2.54. The first-order valence-electron chi connectivity index (χ1n) is 5.81. The highest BCUT2D eigenvalue weighted by molar-refractivity contribution is 7.89. The van der Waals surface area contributed by atoms with Crippen molar-refractivity contribution in [3.63, 3.8) is 0 Å². The van der Waals surface area contributed by atoms with Crippen LogP contribution in [-0.2, 0) is 10.0 Å². The van der Waals surface area contributed by atoms with Crippen molar-refractivity contribution in [2.24, 2.45) is 0 Å². The van der Waals surface area contributed by atoms with E-state index >= 15 is 0 Å². The van der Waals surface area contributed by atoms with E-state index in [-0.39, 0.29) is 5.54 Å². The fourth-order valence-electron chi connectivity index (χ4n) is 2.53. The third kappa shape index (κ3) is 1.63. The molecule has 0 atom stereocenters. The summed E-state index contributed by atoms with van der Waals surface area (Å²) in [6.07, 6.45) is 4.03. The number of sulfonamides is 1. The average Bonchev–Trinajstić information content (AvgIpc) is 2.98. The zero-order valence-corrected chi connectivity index (χ0v) is 10.6. The molecular weight excluding hydrogens is 234 g/mol. The maximum atomic E-state index is 12.5. The standard InChI is InChI=1S/C13H15NO2S/c1-11-9-13(7-8-13)14(10-11)17(15,16)12-5-3-2-4-6-12/h2-6,9H,7-8,10H2,1H3. The van der Waals surface area contributed by atoms with Crippen molar-refractivity contribution >= 4 is 10.0 Å². The molecule has 17 heavy (non-hydrogen) atoms. The van der Waals surface area contributed by atoms with E-state index in [2.05, 4.69) is 6.08 Å². The van der Waals surface area contributed by atoms with Gasteiger partial charge < -0.3 is 0 Å². The van der Waals surface area contributed by atoms with Gasteiger partial charge in [0.15, 0.2) is 0 Å². The molecule has 1 heterocycles. The molecule has 1 spiro atoms. The molecule has 0 aromatic heterocycles. The van der Waals surface area contributed by atoms with Crippen molar-refractivity contribution in [2.45, 2.75) is 30.2 Å². The summed E-state index contributed by atoms with van der Waals surface area (Å²) in [6, 6.07) is 8.70. The SMILES string of the molecule is CC1=CC2(CC2)N(S(=O)(=O)c2ccccc2)C1. The van der Waals surface area contributed by atoms with Crippen LogP contribution in [0.5, 0.6) is 0 Å². The minimum Gasteiger partial charge on any atom is -0.207 e. The summed E-state index contributed by atoms with van der Waals surface area (Å²) in [5.74, 6) is 0. The highest BCUT2D eigenvalue weighted by Gasteiger charge is 2.54. The number of benzene rings is 1. The smallest absolute Gasteiger partial charge is 0.207 e. The molecule has 90 valence electrons. The number of hydrogen-bond acceptors (Lipinski definition) is 2. The van der Waals surface area contributed by atoms with Crippen LogP contribution < -0.4 is 0 Å². The van der Waals surface area contributed by atoms with E-state index < -0.39 is 10.0 Å². The van der Waals surface area contributed by atoms with Gasteiger partial charge in [-0.25, -0.2) is 8.42 Å². The molecule has 1 saturated carbocycles. The predicted molar refractivity (Wildman–Crippen MR) is 66.1 cm³/mol. The van der Waals surface area contributed by atoms with Gasteiger partial charge in [0.05, 0.1) is 10.4 Å². The first kappa shape index (κ1) is 11.0. The molecule has 0 amide bonds. The molecule has 1 aromatic carbocycles. The number of rotatable bonds is 2. The lowest BCUT2D eigenvalue weighted by atomic mass is 10.2. The molecule has 1 aromatic rings. The molecule has 0 unspecified atom stereocenters. The van der Waals surface area contributed by atoms with Crippen LogP contribution in [0.4, 0.5) is 0 Å². The van der Waals surface area contributed by atoms with Crippen LogP contribution in [0.1, 0.15) is 19.8 Å². The first-order chi connectivity index (χ1) is 8.05. The zero-order valence-electron chi connectivity index (χ0n) is 9.76. The highest BCUT2D eigenvalue weighted by atomic mass is 32.2. The molecule has 1 fully saturated rings. The Balaban J connectivity index is 2.01. The van der Waals surface area contributed by atoms with Gasteiger partial charge in [-0.05, 0) is 31.9 Å². The predicted octanol–water partition coefficient (Wildman–Crippen LogP) is 2.17. The maximum absolute atomic E-state index is 12.5. The Kier molecular flexibility index (Phi) is 2.22. The third-order valence-electron chi connectivity index (χ3n) is 3.50. The summed E-state index contributed by atoms with van der Waals surface area (Å²) in [4.78, 5) is 0.398. The molecule has 0 saturated heterocycles. The molecule has 0 radical (unpaired) electrons. The lowest BCUT2D eigenvalue weighted by molar-refractivity contribution is 0.394. The number of hydrogen-bond donors (Lipinski definition) is 0. The van der Waals surface area contributed by atoms with Crippen molar-refractivity contribution in [3.05, 3.63) is 42.0 Å². The van der Waals surface area contributed by atoms with Crippen molar-refractivity contribution < 1.29 is 8.42 Å². The van der Waals surface area contributed by atoms with Crippen molar-refractivity contribution in [1.82, 2.24) is 4.31 Å². The molecule has 3 rings (SSSR count). The van der Waals surface area contributed by atoms with Gasteiger partial charge >= 0.3 is 0 Å². The van der Waals surface area contributed by atoms with E-state index in [0.717, 1.165) is 18.4 Å². The minimum atomic E-state index is -3.34. The van der Waals surface area contributed by atoms with Crippen LogP contribution in [-0.4, -0.2) is 24.8 Å². The van der Waals surface area contributed by atoms with Crippen LogP contribution in [0.15, 0.2) is 46.9 Å². The van der Waals surface area contributed by atoms with Gasteiger partial charge in [0.1, 0.15) is 0 Å². The second kappa shape index (κ2) is 3.43. The van der Waals surface area contributed by atoms with E-state index in [1.54, 1.807) is 28.6 Å². The zero-order chi connectivity index (χ0) is 12.1. The Labute approximate surface area is 102 Å². The van der Waals surface area contributed by atoms with Crippen LogP contribution >= 0.6 is 0 Å². The largest absolute Gasteiger partial charge is 0.244 e. The van der Waals surface area contributed by atoms with Gasteiger partial charge in [0.25, 0.3) is 0 Å². The van der Waals surface area contributed by atoms with Gasteiger partial charge in [0.2, 0.25) is 10.0 Å². The average molecular weight is 249 g/mol. The summed E-state index contributed by atoms with van der Waals surface area (Å²) in [5, 5.41) is 0. The first-order valence-corrected chi connectivity index (χ1v) is 7.25. The quantitative estimate of drug-likeness (QED) is 0.753. The Bertz CT molecular complexity index is 571. The summed E-state index contributed by atoms with van der Waals surface area (Å²) in [5.41, 5.74) is 0.959. The van der Waals surface area contributed by atoms with E-state index in [1.807, 2.05) is 13.0 Å². The second-order valence-corrected chi connectivity index (χ2v) is 6.78. The molecule has 3 nitrogen and oxygen atoms in total. The Morgan fingerprint density at radius 2 is 1.82 bits per heavy atom. The van der Waals surface area contributed by atoms with E-state index in [9.17, 15) is 8.42 Å². The van der Waals surface area contributed by atoms with Crippen molar-refractivity contribution in [3.8, 4) is 0 Å².